The van der Waals surface area contributed by atoms with Gasteiger partial charge in [-0.25, -0.2) is 9.97 Å². The molecule has 25 heavy (non-hydrogen) atoms. The Labute approximate surface area is 153 Å². The monoisotopic (exact) mass is 358 g/mol. The summed E-state index contributed by atoms with van der Waals surface area (Å²) in [6, 6.07) is 4.21. The number of thiazole rings is 1. The maximum absolute atomic E-state index is 4.55. The first-order valence-corrected chi connectivity index (χ1v) is 9.54. The molecule has 0 radical (unpaired) electrons. The quantitative estimate of drug-likeness (QED) is 0.635. The lowest BCUT2D eigenvalue weighted by atomic mass is 10.2. The van der Waals surface area contributed by atoms with Crippen LogP contribution in [0.15, 0.2) is 23.3 Å². The molecule has 0 amide bonds. The number of aromatic nitrogens is 2. The molecule has 0 aliphatic carbocycles. The number of rotatable bonds is 5. The minimum Gasteiger partial charge on any atom is -0.357 e. The average molecular weight is 359 g/mol. The number of pyridine rings is 1. The van der Waals surface area contributed by atoms with Crippen LogP contribution in [0.2, 0.25) is 0 Å². The molecule has 134 valence electrons. The predicted molar refractivity (Wildman–Crippen MR) is 104 cm³/mol. The van der Waals surface area contributed by atoms with Crippen molar-refractivity contribution in [3.05, 3.63) is 39.5 Å². The van der Waals surface area contributed by atoms with Gasteiger partial charge in [0.25, 0.3) is 0 Å². The number of aliphatic imine (C=N–C) groups is 1. The van der Waals surface area contributed by atoms with Crippen LogP contribution in [-0.4, -0.2) is 36.1 Å². The zero-order valence-corrected chi connectivity index (χ0v) is 16.0. The Morgan fingerprint density at radius 2 is 2.00 bits per heavy atom. The molecular weight excluding hydrogens is 332 g/mol. The van der Waals surface area contributed by atoms with Gasteiger partial charge in [-0.05, 0) is 44.4 Å². The van der Waals surface area contributed by atoms with Gasteiger partial charge < -0.3 is 15.5 Å². The third-order valence-electron chi connectivity index (χ3n) is 4.40. The number of hydrogen-bond donors (Lipinski definition) is 2. The van der Waals surface area contributed by atoms with Gasteiger partial charge in [-0.1, -0.05) is 0 Å². The van der Waals surface area contributed by atoms with Crippen LogP contribution >= 0.6 is 11.3 Å². The fourth-order valence-corrected chi connectivity index (χ4v) is 3.74. The van der Waals surface area contributed by atoms with Crippen molar-refractivity contribution in [2.75, 3.05) is 25.0 Å². The Hall–Kier alpha value is -2.15. The van der Waals surface area contributed by atoms with Crippen LogP contribution in [0, 0.1) is 13.8 Å². The summed E-state index contributed by atoms with van der Waals surface area (Å²) < 4.78 is 0. The summed E-state index contributed by atoms with van der Waals surface area (Å²) in [5.74, 6) is 1.86. The van der Waals surface area contributed by atoms with Gasteiger partial charge in [0.2, 0.25) is 0 Å². The molecule has 2 N–H and O–H groups in total. The topological polar surface area (TPSA) is 65.4 Å². The summed E-state index contributed by atoms with van der Waals surface area (Å²) in [4.78, 5) is 17.0. The van der Waals surface area contributed by atoms with E-state index in [0.29, 0.717) is 6.54 Å². The predicted octanol–water partition coefficient (Wildman–Crippen LogP) is 2.62. The highest BCUT2D eigenvalue weighted by Gasteiger charge is 2.13. The molecule has 1 saturated heterocycles. The largest absolute Gasteiger partial charge is 0.357 e. The van der Waals surface area contributed by atoms with E-state index in [9.17, 15) is 0 Å². The molecule has 6 nitrogen and oxygen atoms in total. The fourth-order valence-electron chi connectivity index (χ4n) is 2.87. The molecule has 0 atom stereocenters. The van der Waals surface area contributed by atoms with E-state index in [1.54, 1.807) is 18.4 Å². The molecule has 3 heterocycles. The first-order valence-electron chi connectivity index (χ1n) is 8.73. The number of aryl methyl sites for hydroxylation is 2. The van der Waals surface area contributed by atoms with Gasteiger partial charge in [-0.3, -0.25) is 4.99 Å². The Morgan fingerprint density at radius 1 is 1.24 bits per heavy atom. The van der Waals surface area contributed by atoms with Gasteiger partial charge in [-0.2, -0.15) is 0 Å². The van der Waals surface area contributed by atoms with Crippen LogP contribution in [0.4, 0.5) is 5.82 Å². The molecule has 0 saturated carbocycles. The molecule has 0 bridgehead atoms. The van der Waals surface area contributed by atoms with Crippen LogP contribution in [0.1, 0.15) is 34.0 Å². The molecule has 7 heteroatoms. The van der Waals surface area contributed by atoms with Gasteiger partial charge in [0.15, 0.2) is 5.96 Å². The van der Waals surface area contributed by atoms with E-state index in [4.69, 9.17) is 0 Å². The second-order valence-corrected chi connectivity index (χ2v) is 7.53. The first kappa shape index (κ1) is 17.7. The lowest BCUT2D eigenvalue weighted by Crippen LogP contribution is -2.36. The van der Waals surface area contributed by atoms with Gasteiger partial charge >= 0.3 is 0 Å². The van der Waals surface area contributed by atoms with E-state index < -0.39 is 0 Å². The SMILES string of the molecule is CN=C(NCc1ccnc(N2CCCC2)c1)NCc1nc(C)c(C)s1. The van der Waals surface area contributed by atoms with Gasteiger partial charge in [0, 0.05) is 37.8 Å². The minimum absolute atomic E-state index is 0.689. The summed E-state index contributed by atoms with van der Waals surface area (Å²) >= 11 is 1.73. The first-order chi connectivity index (χ1) is 12.2. The number of hydrogen-bond acceptors (Lipinski definition) is 5. The van der Waals surface area contributed by atoms with Crippen molar-refractivity contribution in [3.63, 3.8) is 0 Å². The van der Waals surface area contributed by atoms with E-state index in [1.165, 1.54) is 23.3 Å². The highest BCUT2D eigenvalue weighted by atomic mass is 32.1. The molecule has 2 aromatic heterocycles. The van der Waals surface area contributed by atoms with E-state index in [0.717, 1.165) is 42.1 Å². The summed E-state index contributed by atoms with van der Waals surface area (Å²) in [7, 11) is 1.79. The van der Waals surface area contributed by atoms with Crippen molar-refractivity contribution >= 4 is 23.1 Å². The fraction of sp³-hybridized carbons (Fsp3) is 0.500. The Kier molecular flexibility index (Phi) is 5.86. The molecule has 0 aromatic carbocycles. The molecule has 1 fully saturated rings. The normalized spacial score (nSPS) is 14.8. The van der Waals surface area contributed by atoms with Crippen LogP contribution in [0.3, 0.4) is 0 Å². The Balaban J connectivity index is 1.53. The maximum atomic E-state index is 4.55. The smallest absolute Gasteiger partial charge is 0.191 e. The molecular formula is C18H26N6S. The van der Waals surface area contributed by atoms with Crippen molar-refractivity contribution < 1.29 is 0 Å². The molecule has 0 spiro atoms. The summed E-state index contributed by atoms with van der Waals surface area (Å²) in [5.41, 5.74) is 2.32. The van der Waals surface area contributed by atoms with E-state index >= 15 is 0 Å². The lowest BCUT2D eigenvalue weighted by Gasteiger charge is -2.17. The highest BCUT2D eigenvalue weighted by molar-refractivity contribution is 7.11. The third-order valence-corrected chi connectivity index (χ3v) is 5.48. The Morgan fingerprint density at radius 3 is 2.68 bits per heavy atom. The second-order valence-electron chi connectivity index (χ2n) is 6.24. The minimum atomic E-state index is 0.689. The molecule has 2 aromatic rings. The number of guanidine groups is 1. The summed E-state index contributed by atoms with van der Waals surface area (Å²) in [5, 5.41) is 7.77. The van der Waals surface area contributed by atoms with Gasteiger partial charge in [-0.15, -0.1) is 11.3 Å². The van der Waals surface area contributed by atoms with Crippen LogP contribution in [0.25, 0.3) is 0 Å². The average Bonchev–Trinajstić information content (AvgIpc) is 3.26. The zero-order chi connectivity index (χ0) is 17.6. The third kappa shape index (κ3) is 4.69. The summed E-state index contributed by atoms with van der Waals surface area (Å²) in [6.45, 7) is 7.78. The van der Waals surface area contributed by atoms with E-state index in [2.05, 4.69) is 43.5 Å². The van der Waals surface area contributed by atoms with Crippen molar-refractivity contribution in [2.24, 2.45) is 4.99 Å². The van der Waals surface area contributed by atoms with Crippen molar-refractivity contribution in [3.8, 4) is 0 Å². The highest BCUT2D eigenvalue weighted by Crippen LogP contribution is 2.18. The van der Waals surface area contributed by atoms with Gasteiger partial charge in [0.1, 0.15) is 10.8 Å². The van der Waals surface area contributed by atoms with Crippen LogP contribution in [0.5, 0.6) is 0 Å². The molecule has 1 aliphatic heterocycles. The molecule has 1 aliphatic rings. The number of anilines is 1. The number of nitrogens with zero attached hydrogens (tertiary/aromatic N) is 4. The number of nitrogens with one attached hydrogen (secondary N) is 2. The Bertz CT molecular complexity index is 713. The zero-order valence-electron chi connectivity index (χ0n) is 15.2. The van der Waals surface area contributed by atoms with Crippen LogP contribution < -0.4 is 15.5 Å². The maximum Gasteiger partial charge on any atom is 0.191 e. The van der Waals surface area contributed by atoms with Crippen molar-refractivity contribution in [1.82, 2.24) is 20.6 Å². The van der Waals surface area contributed by atoms with Crippen molar-refractivity contribution in [2.45, 2.75) is 39.8 Å². The molecule has 0 unspecified atom stereocenters. The van der Waals surface area contributed by atoms with Gasteiger partial charge in [0.05, 0.1) is 12.2 Å². The second kappa shape index (κ2) is 8.29. The standard InChI is InChI=1S/C18H26N6S/c1-13-14(2)25-17(23-13)12-22-18(19-3)21-11-15-6-7-20-16(10-15)24-8-4-5-9-24/h6-7,10H,4-5,8-9,11-12H2,1-3H3,(H2,19,21,22). The lowest BCUT2D eigenvalue weighted by molar-refractivity contribution is 0.801. The van der Waals surface area contributed by atoms with Crippen molar-refractivity contribution in [1.29, 1.82) is 0 Å². The molecule has 3 rings (SSSR count). The van der Waals surface area contributed by atoms with Crippen LogP contribution in [-0.2, 0) is 13.1 Å². The van der Waals surface area contributed by atoms with E-state index in [1.807, 2.05) is 19.2 Å². The summed E-state index contributed by atoms with van der Waals surface area (Å²) in [6.07, 6.45) is 4.41. The van der Waals surface area contributed by atoms with E-state index in [-0.39, 0.29) is 0 Å².